The summed E-state index contributed by atoms with van der Waals surface area (Å²) in [4.78, 5) is 27.6. The van der Waals surface area contributed by atoms with Gasteiger partial charge in [-0.3, -0.25) is 9.59 Å². The van der Waals surface area contributed by atoms with Gasteiger partial charge in [0.15, 0.2) is 0 Å². The van der Waals surface area contributed by atoms with E-state index in [0.29, 0.717) is 6.42 Å². The Labute approximate surface area is 180 Å². The third-order valence-corrected chi connectivity index (χ3v) is 3.91. The predicted octanol–water partition coefficient (Wildman–Crippen LogP) is 3.43. The summed E-state index contributed by atoms with van der Waals surface area (Å²) in [5.41, 5.74) is 5.00. The maximum absolute atomic E-state index is 11.4. The highest BCUT2D eigenvalue weighted by molar-refractivity contribution is 5.92. The summed E-state index contributed by atoms with van der Waals surface area (Å²) in [5, 5.41) is 8.05. The van der Waals surface area contributed by atoms with Crippen LogP contribution in [0.4, 0.5) is 5.82 Å². The Hall–Kier alpha value is -2.71. The van der Waals surface area contributed by atoms with Crippen molar-refractivity contribution in [3.8, 4) is 0 Å². The number of rotatable bonds is 1. The second kappa shape index (κ2) is 15.2. The molecule has 2 amide bonds. The maximum atomic E-state index is 11.4. The number of nitrogens with two attached hydrogens (primary N) is 1. The fraction of sp³-hybridized carbons (Fsp3) is 0.667. The molecular formula is C21H39N7O2. The molecule has 170 valence electrons. The predicted molar refractivity (Wildman–Crippen MR) is 120 cm³/mol. The number of nitrogens with zero attached hydrogens (tertiary/aromatic N) is 6. The molecule has 0 aromatic carbocycles. The van der Waals surface area contributed by atoms with Gasteiger partial charge in [0.1, 0.15) is 11.6 Å². The standard InChI is InChI=1S/C8H11N3O.C6H8N4O.C3H8.2C2H6/c1-10-7-4-5-9-11(7)6-2-3-8(10)12;7-5(11)6-8-4-2-1-3-10(4)9-6;1-3-2;2*1-2/h4-5H,2-3,6H2,1H3;1-3H2,(H2,7,11);3H2,1-2H3;2*1-2H3. The zero-order valence-corrected chi connectivity index (χ0v) is 19.7. The summed E-state index contributed by atoms with van der Waals surface area (Å²) < 4.78 is 3.60. The number of carbonyl (C=O) groups is 2. The van der Waals surface area contributed by atoms with E-state index in [0.717, 1.165) is 44.0 Å². The fourth-order valence-corrected chi connectivity index (χ4v) is 2.69. The number of fused-ring (bicyclic) bond motifs is 2. The van der Waals surface area contributed by atoms with Gasteiger partial charge >= 0.3 is 0 Å². The molecule has 0 fully saturated rings. The van der Waals surface area contributed by atoms with Crippen molar-refractivity contribution in [2.24, 2.45) is 5.73 Å². The monoisotopic (exact) mass is 421 g/mol. The van der Waals surface area contributed by atoms with E-state index in [1.54, 1.807) is 22.8 Å². The van der Waals surface area contributed by atoms with E-state index in [4.69, 9.17) is 5.73 Å². The first-order valence-electron chi connectivity index (χ1n) is 11.0. The number of carbonyl (C=O) groups excluding carboxylic acids is 2. The van der Waals surface area contributed by atoms with Crippen LogP contribution in [-0.4, -0.2) is 43.4 Å². The molecule has 0 aliphatic carbocycles. The van der Waals surface area contributed by atoms with E-state index in [2.05, 4.69) is 29.0 Å². The van der Waals surface area contributed by atoms with E-state index < -0.39 is 5.91 Å². The van der Waals surface area contributed by atoms with Crippen molar-refractivity contribution in [2.75, 3.05) is 11.9 Å². The molecule has 9 nitrogen and oxygen atoms in total. The molecule has 4 heterocycles. The smallest absolute Gasteiger partial charge is 0.288 e. The fourth-order valence-electron chi connectivity index (χ4n) is 2.69. The number of hydrogen-bond acceptors (Lipinski definition) is 5. The van der Waals surface area contributed by atoms with Crippen molar-refractivity contribution in [1.82, 2.24) is 24.5 Å². The number of anilines is 1. The van der Waals surface area contributed by atoms with Gasteiger partial charge in [-0.05, 0) is 12.8 Å². The molecule has 9 heteroatoms. The van der Waals surface area contributed by atoms with Crippen molar-refractivity contribution in [2.45, 2.75) is 86.7 Å². The summed E-state index contributed by atoms with van der Waals surface area (Å²) in [6, 6.07) is 1.86. The largest absolute Gasteiger partial charge is 0.363 e. The SMILES string of the molecule is CC.CC.CCC.CN1C(=O)CCCn2nccc21.NC(=O)c1nc2n(n1)CCC2. The molecule has 0 bridgehead atoms. The minimum Gasteiger partial charge on any atom is -0.363 e. The number of primary amides is 1. The number of aromatic nitrogens is 5. The average Bonchev–Trinajstić information content (AvgIpc) is 3.46. The van der Waals surface area contributed by atoms with Crippen LogP contribution in [-0.2, 0) is 24.3 Å². The summed E-state index contributed by atoms with van der Waals surface area (Å²) in [7, 11) is 1.79. The number of hydrogen-bond donors (Lipinski definition) is 1. The lowest BCUT2D eigenvalue weighted by Crippen LogP contribution is -2.25. The average molecular weight is 422 g/mol. The van der Waals surface area contributed by atoms with Crippen LogP contribution in [0.5, 0.6) is 0 Å². The minimum absolute atomic E-state index is 0.139. The molecule has 2 aromatic rings. The second-order valence-corrected chi connectivity index (χ2v) is 6.22. The lowest BCUT2D eigenvalue weighted by atomic mass is 10.3. The molecule has 30 heavy (non-hydrogen) atoms. The van der Waals surface area contributed by atoms with Crippen LogP contribution >= 0.6 is 0 Å². The lowest BCUT2D eigenvalue weighted by Gasteiger charge is -2.13. The molecule has 2 aromatic heterocycles. The number of amides is 2. The molecule has 0 saturated carbocycles. The molecule has 0 unspecified atom stereocenters. The summed E-state index contributed by atoms with van der Waals surface area (Å²) in [6.07, 6.45) is 6.46. The molecule has 0 atom stereocenters. The van der Waals surface area contributed by atoms with Crippen molar-refractivity contribution in [1.29, 1.82) is 0 Å². The Morgan fingerprint density at radius 2 is 1.63 bits per heavy atom. The molecule has 2 aliphatic rings. The van der Waals surface area contributed by atoms with Crippen molar-refractivity contribution in [3.05, 3.63) is 23.9 Å². The van der Waals surface area contributed by atoms with Crippen molar-refractivity contribution in [3.63, 3.8) is 0 Å². The topological polar surface area (TPSA) is 112 Å². The highest BCUT2D eigenvalue weighted by Gasteiger charge is 2.18. The van der Waals surface area contributed by atoms with Gasteiger partial charge in [0.05, 0.1) is 6.20 Å². The Kier molecular flexibility index (Phi) is 13.8. The van der Waals surface area contributed by atoms with Gasteiger partial charge in [-0.2, -0.15) is 5.10 Å². The Morgan fingerprint density at radius 1 is 1.07 bits per heavy atom. The quantitative estimate of drug-likeness (QED) is 0.758. The van der Waals surface area contributed by atoms with E-state index in [1.165, 1.54) is 6.42 Å². The number of aryl methyl sites for hydroxylation is 3. The van der Waals surface area contributed by atoms with Gasteiger partial charge in [-0.15, -0.1) is 5.10 Å². The van der Waals surface area contributed by atoms with E-state index in [-0.39, 0.29) is 11.7 Å². The molecule has 2 aliphatic heterocycles. The van der Waals surface area contributed by atoms with Gasteiger partial charge < -0.3 is 10.6 Å². The van der Waals surface area contributed by atoms with E-state index >= 15 is 0 Å². The molecule has 4 rings (SSSR count). The molecule has 0 spiro atoms. The van der Waals surface area contributed by atoms with Crippen LogP contribution in [0.15, 0.2) is 12.3 Å². The first-order valence-corrected chi connectivity index (χ1v) is 11.0. The van der Waals surface area contributed by atoms with Gasteiger partial charge in [0.2, 0.25) is 11.7 Å². The lowest BCUT2D eigenvalue weighted by molar-refractivity contribution is -0.118. The van der Waals surface area contributed by atoms with Gasteiger partial charge in [0, 0.05) is 39.0 Å². The van der Waals surface area contributed by atoms with Crippen molar-refractivity contribution >= 4 is 17.6 Å². The Bertz CT molecular complexity index is 731. The summed E-state index contributed by atoms with van der Waals surface area (Å²) in [6.45, 7) is 14.0. The zero-order valence-electron chi connectivity index (χ0n) is 19.7. The van der Waals surface area contributed by atoms with Crippen LogP contribution in [0.25, 0.3) is 0 Å². The third-order valence-electron chi connectivity index (χ3n) is 3.91. The third kappa shape index (κ3) is 7.96. The molecule has 2 N–H and O–H groups in total. The van der Waals surface area contributed by atoms with Gasteiger partial charge in [-0.1, -0.05) is 48.0 Å². The van der Waals surface area contributed by atoms with Crippen LogP contribution < -0.4 is 10.6 Å². The molecule has 0 saturated heterocycles. The first-order chi connectivity index (χ1) is 14.5. The van der Waals surface area contributed by atoms with Crippen molar-refractivity contribution < 1.29 is 9.59 Å². The second-order valence-electron chi connectivity index (χ2n) is 6.22. The zero-order chi connectivity index (χ0) is 23.1. The van der Waals surface area contributed by atoms with Crippen LogP contribution in [0.1, 0.15) is 83.7 Å². The van der Waals surface area contributed by atoms with Crippen LogP contribution in [0, 0.1) is 0 Å². The van der Waals surface area contributed by atoms with E-state index in [9.17, 15) is 9.59 Å². The first kappa shape index (κ1) is 27.3. The highest BCUT2D eigenvalue weighted by Crippen LogP contribution is 2.17. The normalized spacial score (nSPS) is 13.4. The van der Waals surface area contributed by atoms with Crippen LogP contribution in [0.2, 0.25) is 0 Å². The van der Waals surface area contributed by atoms with Gasteiger partial charge in [0.25, 0.3) is 5.91 Å². The molecular weight excluding hydrogens is 382 g/mol. The molecule has 0 radical (unpaired) electrons. The Morgan fingerprint density at radius 3 is 2.20 bits per heavy atom. The minimum atomic E-state index is -0.549. The maximum Gasteiger partial charge on any atom is 0.288 e. The van der Waals surface area contributed by atoms with Gasteiger partial charge in [-0.25, -0.2) is 14.3 Å². The highest BCUT2D eigenvalue weighted by atomic mass is 16.2. The summed E-state index contributed by atoms with van der Waals surface area (Å²) in [5.74, 6) is 1.54. The Balaban J connectivity index is 0.000000435. The van der Waals surface area contributed by atoms with E-state index in [1.807, 2.05) is 38.4 Å². The van der Waals surface area contributed by atoms with Crippen LogP contribution in [0.3, 0.4) is 0 Å². The summed E-state index contributed by atoms with van der Waals surface area (Å²) >= 11 is 0.